The SMILES string of the molecule is [CH2-]CCC(CC[CH2-])(CC[CH2-])COCC(COP(=O)(O)OCCCC)OP(=O)(O)OCC(C)(COP(=O)(O)OCCCCCO)COP(=O)(O)OC(COCC(CC[CH2-])(CC[CH2-])CC[CH2-])OP(=O)(O)OCCCOP(=O)(O)OC(COCC(CC[CH2-])(CC[CH2-])CC[CH2-])OP(=O)(O)OCC.[Y].[Y].[Y].[Y].[Y].[Y].[Y].[Y].[Y]. The molecule has 617 valence electrons. The van der Waals surface area contributed by atoms with E-state index in [9.17, 15) is 66.2 Å². The summed E-state index contributed by atoms with van der Waals surface area (Å²) in [6, 6.07) is 0. The molecule has 0 aromatic carbocycles. The van der Waals surface area contributed by atoms with E-state index >= 15 is 0 Å². The molecule has 0 amide bonds. The topological polar surface area (TPSA) is 438 Å². The molecule has 0 rings (SSSR count). The maximum absolute atomic E-state index is 14.0. The van der Waals surface area contributed by atoms with Crippen LogP contribution in [0.2, 0.25) is 0 Å². The molecule has 0 fully saturated rings. The van der Waals surface area contributed by atoms with Crippen LogP contribution in [0.4, 0.5) is 0 Å². The van der Waals surface area contributed by atoms with E-state index in [-0.39, 0.29) is 347 Å². The number of hydrogen-bond donors (Lipinski definition) is 8. The molecule has 0 heterocycles. The quantitative estimate of drug-likeness (QED) is 0.0121. The molecule has 107 heavy (non-hydrogen) atoms. The molecule has 0 saturated heterocycles. The van der Waals surface area contributed by atoms with Gasteiger partial charge in [-0.1, -0.05) is 78.1 Å². The van der Waals surface area contributed by atoms with Gasteiger partial charge < -0.3 is 116 Å². The third-order valence-corrected chi connectivity index (χ3v) is 21.8. The van der Waals surface area contributed by atoms with Crippen molar-refractivity contribution in [1.29, 1.82) is 0 Å². The number of phosphoric ester groups is 7. The van der Waals surface area contributed by atoms with E-state index in [0.29, 0.717) is 141 Å². The Morgan fingerprint density at radius 2 is 0.579 bits per heavy atom. The maximum atomic E-state index is 14.0. The van der Waals surface area contributed by atoms with E-state index in [0.717, 1.165) is 6.92 Å². The fourth-order valence-corrected chi connectivity index (χ4v) is 16.3. The average Bonchev–Trinajstić information content (AvgIpc) is 0.844. The third-order valence-electron chi connectivity index (χ3n) is 14.7. The average molecular weight is 2360 g/mol. The molecule has 0 spiro atoms. The van der Waals surface area contributed by atoms with E-state index < -0.39 is 161 Å². The van der Waals surface area contributed by atoms with Crippen LogP contribution in [0.3, 0.4) is 0 Å². The van der Waals surface area contributed by atoms with Gasteiger partial charge in [-0.3, -0.25) is 63.3 Å². The molecule has 0 aliphatic heterocycles. The first-order valence-electron chi connectivity index (χ1n) is 32.9. The Kier molecular flexibility index (Phi) is 98.8. The molecule has 48 heteroatoms. The zero-order chi connectivity index (χ0) is 74.5. The number of phosphoric acid groups is 7. The van der Waals surface area contributed by atoms with Gasteiger partial charge in [-0.05, 0) is 55.3 Å². The molecule has 0 aromatic rings. The maximum Gasteiger partial charge on any atom is 0.474 e. The number of ether oxygens (including phenoxy) is 3. The van der Waals surface area contributed by atoms with Gasteiger partial charge in [0, 0.05) is 306 Å². The summed E-state index contributed by atoms with van der Waals surface area (Å²) in [5.74, 6) is 0. The fourth-order valence-electron chi connectivity index (χ4n) is 10.1. The van der Waals surface area contributed by atoms with Crippen LogP contribution in [0.15, 0.2) is 0 Å². The molecule has 11 unspecified atom stereocenters. The molecule has 0 aliphatic carbocycles. The van der Waals surface area contributed by atoms with Crippen LogP contribution < -0.4 is 0 Å². The normalized spacial score (nSPS) is 17.1. The predicted octanol–water partition coefficient (Wildman–Crippen LogP) is 13.8. The summed E-state index contributed by atoms with van der Waals surface area (Å²) in [6.07, 6.45) is 5.19. The summed E-state index contributed by atoms with van der Waals surface area (Å²) in [4.78, 5) is 75.6. The van der Waals surface area contributed by atoms with Gasteiger partial charge in [-0.2, -0.15) is 57.8 Å². The number of aliphatic hydroxyl groups is 1. The van der Waals surface area contributed by atoms with Crippen molar-refractivity contribution >= 4 is 54.8 Å². The molecule has 0 aromatic heterocycles. The van der Waals surface area contributed by atoms with Gasteiger partial charge in [0.1, 0.15) is 6.10 Å². The summed E-state index contributed by atoms with van der Waals surface area (Å²) in [5.41, 5.74) is -3.58. The monoisotopic (exact) mass is 2360 g/mol. The van der Waals surface area contributed by atoms with Gasteiger partial charge >= 0.3 is 54.8 Å². The van der Waals surface area contributed by atoms with Crippen LogP contribution in [-0.4, -0.2) is 164 Å². The molecule has 0 bridgehead atoms. The van der Waals surface area contributed by atoms with Crippen molar-refractivity contribution < 1.29 is 443 Å². The van der Waals surface area contributed by atoms with Crippen molar-refractivity contribution in [3.8, 4) is 0 Å². The first-order chi connectivity index (χ1) is 45.9. The second-order valence-electron chi connectivity index (χ2n) is 23.9. The van der Waals surface area contributed by atoms with Crippen LogP contribution >= 0.6 is 54.8 Å². The summed E-state index contributed by atoms with van der Waals surface area (Å²) < 4.78 is 183. The summed E-state index contributed by atoms with van der Waals surface area (Å²) in [6.45, 7) is 31.2. The van der Waals surface area contributed by atoms with Crippen LogP contribution in [0.1, 0.15) is 175 Å². The third kappa shape index (κ3) is 70.2. The van der Waals surface area contributed by atoms with Crippen molar-refractivity contribution in [3.05, 3.63) is 62.3 Å². The van der Waals surface area contributed by atoms with E-state index in [2.05, 4.69) is 62.3 Å². The minimum Gasteiger partial charge on any atom is -0.396 e. The molecule has 0 saturated carbocycles. The van der Waals surface area contributed by atoms with Gasteiger partial charge in [-0.15, -0.1) is 0 Å². The zero-order valence-corrected chi connectivity index (χ0v) is 94.9. The summed E-state index contributed by atoms with van der Waals surface area (Å²) >= 11 is 0. The van der Waals surface area contributed by atoms with E-state index in [4.69, 9.17) is 82.6 Å². The van der Waals surface area contributed by atoms with Crippen molar-refractivity contribution in [2.24, 2.45) is 21.7 Å². The smallest absolute Gasteiger partial charge is 0.396 e. The second kappa shape index (κ2) is 76.6. The first-order valence-corrected chi connectivity index (χ1v) is 43.4. The largest absolute Gasteiger partial charge is 0.474 e. The van der Waals surface area contributed by atoms with Gasteiger partial charge in [-0.25, -0.2) is 32.0 Å². The zero-order valence-electron chi connectivity index (χ0n) is 63.1. The fraction of sp³-hybridized carbons (Fsp3) is 0.847. The number of aliphatic hydroxyl groups excluding tert-OH is 1. The van der Waals surface area contributed by atoms with Gasteiger partial charge in [0.25, 0.3) is 0 Å². The Labute approximate surface area is 866 Å². The van der Waals surface area contributed by atoms with Crippen LogP contribution in [0.5, 0.6) is 0 Å². The molecule has 32 nitrogen and oxygen atoms in total. The van der Waals surface area contributed by atoms with Crippen LogP contribution in [0.25, 0.3) is 0 Å². The van der Waals surface area contributed by atoms with Crippen molar-refractivity contribution in [2.75, 3.05) is 106 Å². The predicted molar refractivity (Wildman–Crippen MR) is 364 cm³/mol. The molecular formula is C59H118O32P7Y9-9. The Hall–Kier alpha value is 10.5. The first kappa shape index (κ1) is 138. The van der Waals surface area contributed by atoms with E-state index in [1.807, 2.05) is 6.92 Å². The molecule has 9 radical (unpaired) electrons. The Bertz CT molecular complexity index is 2410. The van der Waals surface area contributed by atoms with Gasteiger partial charge in [0.15, 0.2) is 0 Å². The second-order valence-corrected chi connectivity index (χ2v) is 33.9. The van der Waals surface area contributed by atoms with E-state index in [1.165, 1.54) is 6.92 Å². The standard InChI is InChI=1S/C59H118O32P7.9Y/c1-13-24-39-79-92(61,62)83-44-53(43-75-50-57(29-14-2,30-15-3)31-16-4)87-97(71,72)85-48-56(12,47-84-93(63,64)80-40-27-25-26-38-60)49-86-98(73,74)91-55(46-77-52-59(35-20-8,36-21-9)37-22-10)90-96(69,70)82-42-28-41-81-95(67,68)89-54(88-94(65,66)78-23-11)45-76-51-58(32-17-5,33-18-6)34-19-7;;;;;;;;;/h53-55,60H,2-10,13-52H2,1,11-12H3,(H,61,62)(H,63,64)(H,65,66)(H,67,68)(H,69,70)(H,71,72)(H,73,74);;;;;;;;;/q-9;;;;;;;;;. The number of unbranched alkanes of at least 4 members (excludes halogenated alkanes) is 3. The molecule has 8 N–H and O–H groups in total. The minimum atomic E-state index is -5.67. The Morgan fingerprint density at radius 3 is 0.897 bits per heavy atom. The summed E-state index contributed by atoms with van der Waals surface area (Å²) in [5, 5.41) is 9.15. The number of rotatable bonds is 70. The number of hydrogen-bond acceptors (Lipinski definition) is 25. The van der Waals surface area contributed by atoms with Gasteiger partial charge in [0.05, 0.1) is 99.1 Å². The Balaban J connectivity index is -0.00000131. The molecule has 0 aliphatic rings. The summed E-state index contributed by atoms with van der Waals surface area (Å²) in [7, 11) is -36.4. The van der Waals surface area contributed by atoms with Crippen LogP contribution in [0, 0.1) is 84.0 Å². The van der Waals surface area contributed by atoms with Crippen molar-refractivity contribution in [1.82, 2.24) is 0 Å². The minimum absolute atomic E-state index is 0. The van der Waals surface area contributed by atoms with Crippen molar-refractivity contribution in [3.63, 3.8) is 0 Å². The molecule has 11 atom stereocenters. The van der Waals surface area contributed by atoms with Crippen molar-refractivity contribution in [2.45, 2.75) is 194 Å². The van der Waals surface area contributed by atoms with Gasteiger partial charge in [0.2, 0.25) is 12.6 Å². The van der Waals surface area contributed by atoms with Crippen LogP contribution in [-0.2, 0) is 404 Å². The van der Waals surface area contributed by atoms with E-state index in [1.54, 1.807) is 0 Å². The molecular weight excluding hydrogens is 2240 g/mol. The Morgan fingerprint density at radius 1 is 0.308 bits per heavy atom.